The second-order valence-electron chi connectivity index (χ2n) is 5.53. The molecule has 0 radical (unpaired) electrons. The predicted octanol–water partition coefficient (Wildman–Crippen LogP) is 2.77. The van der Waals surface area contributed by atoms with Crippen molar-refractivity contribution in [2.24, 2.45) is 0 Å². The van der Waals surface area contributed by atoms with Crippen LogP contribution in [0.1, 0.15) is 11.1 Å². The number of hydrogen-bond acceptors (Lipinski definition) is 5. The summed E-state index contributed by atoms with van der Waals surface area (Å²) in [5, 5.41) is 0. The first kappa shape index (κ1) is 14.6. The van der Waals surface area contributed by atoms with E-state index in [1.165, 1.54) is 6.07 Å². The van der Waals surface area contributed by atoms with Crippen molar-refractivity contribution in [1.29, 1.82) is 0 Å². The maximum Gasteiger partial charge on any atom is 0.197 e. The molecule has 4 rings (SSSR count). The molecule has 0 fully saturated rings. The van der Waals surface area contributed by atoms with Gasteiger partial charge in [-0.2, -0.15) is 0 Å². The Balaban J connectivity index is 1.59. The van der Waals surface area contributed by atoms with E-state index in [2.05, 4.69) is 19.9 Å². The molecule has 0 unspecified atom stereocenters. The Bertz CT molecular complexity index is 868. The third-order valence-electron chi connectivity index (χ3n) is 4.01. The summed E-state index contributed by atoms with van der Waals surface area (Å²) in [6.07, 6.45) is 7.14. The van der Waals surface area contributed by atoms with Crippen LogP contribution in [0.3, 0.4) is 0 Å². The molecular weight excluding hydrogens is 312 g/mol. The summed E-state index contributed by atoms with van der Waals surface area (Å²) in [4.78, 5) is 18.8. The number of fused-ring (bicyclic) bond motifs is 1. The zero-order valence-corrected chi connectivity index (χ0v) is 12.7. The maximum absolute atomic E-state index is 13.8. The van der Waals surface area contributed by atoms with Crippen molar-refractivity contribution in [2.45, 2.75) is 13.0 Å². The first-order chi connectivity index (χ1) is 11.7. The second kappa shape index (κ2) is 5.92. The van der Waals surface area contributed by atoms with Gasteiger partial charge in [0.15, 0.2) is 11.6 Å². The Kier molecular flexibility index (Phi) is 3.60. The topological polar surface area (TPSA) is 54.8 Å². The molecule has 0 atom stereocenters. The van der Waals surface area contributed by atoms with Crippen LogP contribution in [-0.2, 0) is 13.0 Å². The van der Waals surface area contributed by atoms with Gasteiger partial charge in [-0.25, -0.2) is 28.7 Å². The SMILES string of the molecule is Fc1cc(F)c2c(c1)CN(c1cnc(-c3ncccn3)nc1)CC2. The second-order valence-corrected chi connectivity index (χ2v) is 5.53. The Morgan fingerprint density at radius 1 is 0.917 bits per heavy atom. The van der Waals surface area contributed by atoms with Crippen LogP contribution in [0, 0.1) is 11.6 Å². The van der Waals surface area contributed by atoms with Gasteiger partial charge in [-0.15, -0.1) is 0 Å². The summed E-state index contributed by atoms with van der Waals surface area (Å²) in [6, 6.07) is 4.05. The van der Waals surface area contributed by atoms with E-state index in [-0.39, 0.29) is 0 Å². The van der Waals surface area contributed by atoms with E-state index >= 15 is 0 Å². The lowest BCUT2D eigenvalue weighted by molar-refractivity contribution is 0.556. The third kappa shape index (κ3) is 2.68. The zero-order valence-electron chi connectivity index (χ0n) is 12.7. The minimum atomic E-state index is -0.555. The highest BCUT2D eigenvalue weighted by Crippen LogP contribution is 2.26. The molecule has 1 aromatic carbocycles. The van der Waals surface area contributed by atoms with Crippen LogP contribution in [0.4, 0.5) is 14.5 Å². The molecule has 7 heteroatoms. The van der Waals surface area contributed by atoms with Crippen molar-refractivity contribution in [3.05, 3.63) is 65.7 Å². The maximum atomic E-state index is 13.8. The fourth-order valence-electron chi connectivity index (χ4n) is 2.84. The molecule has 0 saturated heterocycles. The van der Waals surface area contributed by atoms with Gasteiger partial charge in [0.25, 0.3) is 0 Å². The van der Waals surface area contributed by atoms with Gasteiger partial charge < -0.3 is 4.90 Å². The molecule has 0 bridgehead atoms. The molecule has 1 aliphatic heterocycles. The molecule has 3 aromatic rings. The van der Waals surface area contributed by atoms with Crippen molar-refractivity contribution in [3.63, 3.8) is 0 Å². The van der Waals surface area contributed by atoms with Crippen LogP contribution >= 0.6 is 0 Å². The van der Waals surface area contributed by atoms with E-state index in [9.17, 15) is 8.78 Å². The number of benzene rings is 1. The lowest BCUT2D eigenvalue weighted by Crippen LogP contribution is -2.31. The quantitative estimate of drug-likeness (QED) is 0.725. The largest absolute Gasteiger partial charge is 0.364 e. The number of halogens is 2. The number of anilines is 1. The Morgan fingerprint density at radius 2 is 1.62 bits per heavy atom. The number of aromatic nitrogens is 4. The average Bonchev–Trinajstić information content (AvgIpc) is 2.62. The van der Waals surface area contributed by atoms with E-state index in [1.54, 1.807) is 30.9 Å². The van der Waals surface area contributed by atoms with E-state index in [0.717, 1.165) is 11.8 Å². The summed E-state index contributed by atoms with van der Waals surface area (Å²) in [6.45, 7) is 1.05. The van der Waals surface area contributed by atoms with Gasteiger partial charge >= 0.3 is 0 Å². The van der Waals surface area contributed by atoms with Crippen LogP contribution in [-0.4, -0.2) is 26.5 Å². The molecular formula is C17H13F2N5. The number of nitrogens with zero attached hydrogens (tertiary/aromatic N) is 5. The highest BCUT2D eigenvalue weighted by Gasteiger charge is 2.21. The van der Waals surface area contributed by atoms with Crippen molar-refractivity contribution in [1.82, 2.24) is 19.9 Å². The monoisotopic (exact) mass is 325 g/mol. The van der Waals surface area contributed by atoms with E-state index < -0.39 is 11.6 Å². The fourth-order valence-corrected chi connectivity index (χ4v) is 2.84. The molecule has 24 heavy (non-hydrogen) atoms. The van der Waals surface area contributed by atoms with Gasteiger partial charge in [0, 0.05) is 31.5 Å². The van der Waals surface area contributed by atoms with Gasteiger partial charge in [0.1, 0.15) is 11.6 Å². The highest BCUT2D eigenvalue weighted by molar-refractivity contribution is 5.50. The molecule has 2 aromatic heterocycles. The molecule has 0 saturated carbocycles. The number of rotatable bonds is 2. The van der Waals surface area contributed by atoms with E-state index in [0.29, 0.717) is 42.3 Å². The predicted molar refractivity (Wildman–Crippen MR) is 84.2 cm³/mol. The normalized spacial score (nSPS) is 13.7. The molecule has 0 aliphatic carbocycles. The first-order valence-electron chi connectivity index (χ1n) is 7.52. The number of hydrogen-bond donors (Lipinski definition) is 0. The van der Waals surface area contributed by atoms with Gasteiger partial charge in [0.2, 0.25) is 0 Å². The third-order valence-corrected chi connectivity index (χ3v) is 4.01. The van der Waals surface area contributed by atoms with Crippen molar-refractivity contribution >= 4 is 5.69 Å². The smallest absolute Gasteiger partial charge is 0.197 e. The minimum absolute atomic E-state index is 0.425. The molecule has 1 aliphatic rings. The molecule has 120 valence electrons. The lowest BCUT2D eigenvalue weighted by Gasteiger charge is -2.30. The summed E-state index contributed by atoms with van der Waals surface area (Å²) < 4.78 is 27.2. The van der Waals surface area contributed by atoms with Gasteiger partial charge in [-0.1, -0.05) is 0 Å². The lowest BCUT2D eigenvalue weighted by atomic mass is 9.99. The van der Waals surface area contributed by atoms with Crippen LogP contribution in [0.2, 0.25) is 0 Å². The summed E-state index contributed by atoms with van der Waals surface area (Å²) in [7, 11) is 0. The highest BCUT2D eigenvalue weighted by atomic mass is 19.1. The van der Waals surface area contributed by atoms with E-state index in [4.69, 9.17) is 0 Å². The van der Waals surface area contributed by atoms with Gasteiger partial charge in [0.05, 0.1) is 18.1 Å². The molecule has 0 spiro atoms. The zero-order chi connectivity index (χ0) is 16.5. The first-order valence-corrected chi connectivity index (χ1v) is 7.52. The van der Waals surface area contributed by atoms with Crippen LogP contribution < -0.4 is 4.90 Å². The molecule has 0 N–H and O–H groups in total. The van der Waals surface area contributed by atoms with Gasteiger partial charge in [-0.05, 0) is 29.7 Å². The van der Waals surface area contributed by atoms with E-state index in [1.807, 2.05) is 4.90 Å². The van der Waals surface area contributed by atoms with Crippen molar-refractivity contribution in [2.75, 3.05) is 11.4 Å². The summed E-state index contributed by atoms with van der Waals surface area (Å²) in [5.41, 5.74) is 2.04. The Morgan fingerprint density at radius 3 is 2.38 bits per heavy atom. The van der Waals surface area contributed by atoms with Crippen LogP contribution in [0.25, 0.3) is 11.6 Å². The minimum Gasteiger partial charge on any atom is -0.364 e. The standard InChI is InChI=1S/C17H13F2N5/c18-12-6-11-10-24(5-2-14(11)15(19)7-12)13-8-22-17(23-9-13)16-20-3-1-4-21-16/h1,3-4,6-9H,2,5,10H2. The Hall–Kier alpha value is -2.96. The van der Waals surface area contributed by atoms with Crippen LogP contribution in [0.15, 0.2) is 43.0 Å². The summed E-state index contributed by atoms with van der Waals surface area (Å²) >= 11 is 0. The summed E-state index contributed by atoms with van der Waals surface area (Å²) in [5.74, 6) is -0.135. The van der Waals surface area contributed by atoms with Crippen molar-refractivity contribution in [3.8, 4) is 11.6 Å². The molecule has 5 nitrogen and oxygen atoms in total. The Labute approximate surface area is 137 Å². The van der Waals surface area contributed by atoms with Crippen LogP contribution in [0.5, 0.6) is 0 Å². The molecule has 0 amide bonds. The van der Waals surface area contributed by atoms with Crippen molar-refractivity contribution < 1.29 is 8.78 Å². The average molecular weight is 325 g/mol. The molecule has 3 heterocycles. The fraction of sp³-hybridized carbons (Fsp3) is 0.176. The van der Waals surface area contributed by atoms with Gasteiger partial charge in [-0.3, -0.25) is 0 Å².